The van der Waals surface area contributed by atoms with Crippen molar-refractivity contribution in [1.82, 2.24) is 0 Å². The Balaban J connectivity index is 2.07. The molecule has 0 spiro atoms. The fraction of sp³-hybridized carbons (Fsp3) is 0.538. The second-order valence-corrected chi connectivity index (χ2v) is 5.80. The monoisotopic (exact) mass is 265 g/mol. The van der Waals surface area contributed by atoms with Gasteiger partial charge in [-0.1, -0.05) is 22.9 Å². The van der Waals surface area contributed by atoms with Gasteiger partial charge in [0.2, 0.25) is 0 Å². The molecule has 0 aromatic heterocycles. The van der Waals surface area contributed by atoms with Crippen molar-refractivity contribution in [2.75, 3.05) is 5.73 Å². The molecule has 0 radical (unpaired) electrons. The van der Waals surface area contributed by atoms with Crippen LogP contribution in [0.1, 0.15) is 42.4 Å². The van der Waals surface area contributed by atoms with Crippen LogP contribution in [0.3, 0.4) is 0 Å². The highest BCUT2D eigenvalue weighted by Crippen LogP contribution is 2.47. The Morgan fingerprint density at radius 2 is 2.00 bits per heavy atom. The summed E-state index contributed by atoms with van der Waals surface area (Å²) < 4.78 is 1.28. The molecule has 0 unspecified atom stereocenters. The normalized spacial score (nSPS) is 20.7. The van der Waals surface area contributed by atoms with Gasteiger partial charge in [-0.25, -0.2) is 0 Å². The van der Waals surface area contributed by atoms with Crippen LogP contribution in [0.25, 0.3) is 0 Å². The van der Waals surface area contributed by atoms with E-state index in [1.165, 1.54) is 46.8 Å². The Kier molecular flexibility index (Phi) is 2.10. The minimum Gasteiger partial charge on any atom is -0.398 e. The summed E-state index contributed by atoms with van der Waals surface area (Å²) >= 11 is 3.66. The fourth-order valence-electron chi connectivity index (χ4n) is 2.64. The molecule has 0 aliphatic heterocycles. The molecule has 1 aromatic carbocycles. The van der Waals surface area contributed by atoms with Gasteiger partial charge in [0.25, 0.3) is 0 Å². The summed E-state index contributed by atoms with van der Waals surface area (Å²) in [4.78, 5) is 0. The zero-order chi connectivity index (χ0) is 10.6. The van der Waals surface area contributed by atoms with Crippen molar-refractivity contribution in [1.29, 1.82) is 0 Å². The quantitative estimate of drug-likeness (QED) is 0.812. The van der Waals surface area contributed by atoms with Gasteiger partial charge < -0.3 is 5.73 Å². The Bertz CT molecular complexity index is 421. The largest absolute Gasteiger partial charge is 0.398 e. The predicted molar refractivity (Wildman–Crippen MR) is 67.1 cm³/mol. The summed E-state index contributed by atoms with van der Waals surface area (Å²) in [6.45, 7) is 2.32. The molecule has 1 nitrogen and oxygen atoms in total. The van der Waals surface area contributed by atoms with E-state index >= 15 is 0 Å². The maximum Gasteiger partial charge on any atom is 0.0385 e. The minimum absolute atomic E-state index is 0.646. The van der Waals surface area contributed by atoms with Crippen molar-refractivity contribution in [3.63, 3.8) is 0 Å². The van der Waals surface area contributed by atoms with E-state index in [1.807, 2.05) is 0 Å². The van der Waals surface area contributed by atoms with E-state index in [2.05, 4.69) is 28.9 Å². The first-order chi connectivity index (χ1) is 7.18. The maximum absolute atomic E-state index is 6.25. The minimum atomic E-state index is 0.646. The maximum atomic E-state index is 6.25. The van der Waals surface area contributed by atoms with Crippen LogP contribution in [0.2, 0.25) is 0 Å². The topological polar surface area (TPSA) is 26.0 Å². The molecule has 2 heteroatoms. The van der Waals surface area contributed by atoms with Gasteiger partial charge in [-0.05, 0) is 60.3 Å². The number of rotatable bonds is 2. The number of hydrogen-bond acceptors (Lipinski definition) is 1. The van der Waals surface area contributed by atoms with Crippen molar-refractivity contribution in [3.05, 3.63) is 27.2 Å². The molecule has 2 aliphatic carbocycles. The van der Waals surface area contributed by atoms with Gasteiger partial charge in [0, 0.05) is 10.2 Å². The molecule has 2 aliphatic rings. The summed E-state index contributed by atoms with van der Waals surface area (Å²) in [5.41, 5.74) is 11.6. The van der Waals surface area contributed by atoms with Crippen LogP contribution in [0, 0.1) is 5.92 Å². The van der Waals surface area contributed by atoms with Crippen molar-refractivity contribution < 1.29 is 0 Å². The molecule has 1 saturated carbocycles. The third-order valence-electron chi connectivity index (χ3n) is 4.02. The summed E-state index contributed by atoms with van der Waals surface area (Å²) in [7, 11) is 0. The molecular formula is C13H16BrN. The van der Waals surface area contributed by atoms with Gasteiger partial charge in [0.1, 0.15) is 0 Å². The van der Waals surface area contributed by atoms with Gasteiger partial charge >= 0.3 is 0 Å². The number of hydrogen-bond donors (Lipinski definition) is 1. The van der Waals surface area contributed by atoms with Crippen LogP contribution in [0.4, 0.5) is 5.69 Å². The second kappa shape index (κ2) is 3.24. The Morgan fingerprint density at radius 3 is 2.53 bits per heavy atom. The van der Waals surface area contributed by atoms with E-state index in [4.69, 9.17) is 5.73 Å². The fourth-order valence-corrected chi connectivity index (χ4v) is 3.32. The SMILES string of the molecule is C[C@@H](c1cc(Br)c2c(c1N)CC2)C1CC1. The lowest BCUT2D eigenvalue weighted by atomic mass is 9.82. The van der Waals surface area contributed by atoms with Crippen LogP contribution in [0.15, 0.2) is 10.5 Å². The van der Waals surface area contributed by atoms with Gasteiger partial charge in [0.05, 0.1) is 0 Å². The lowest BCUT2D eigenvalue weighted by Gasteiger charge is -2.27. The van der Waals surface area contributed by atoms with Crippen LogP contribution in [-0.2, 0) is 12.8 Å². The smallest absolute Gasteiger partial charge is 0.0385 e. The number of nitrogens with two attached hydrogens (primary N) is 1. The highest BCUT2D eigenvalue weighted by atomic mass is 79.9. The molecular weight excluding hydrogens is 250 g/mol. The van der Waals surface area contributed by atoms with E-state index in [0.29, 0.717) is 5.92 Å². The van der Waals surface area contributed by atoms with Gasteiger partial charge in [0.15, 0.2) is 0 Å². The zero-order valence-corrected chi connectivity index (χ0v) is 10.6. The molecule has 1 aromatic rings. The van der Waals surface area contributed by atoms with Crippen LogP contribution in [0.5, 0.6) is 0 Å². The predicted octanol–water partition coefficient (Wildman–Crippen LogP) is 3.64. The molecule has 2 N–H and O–H groups in total. The lowest BCUT2D eigenvalue weighted by Crippen LogP contribution is -2.16. The van der Waals surface area contributed by atoms with Crippen LogP contribution < -0.4 is 5.73 Å². The number of anilines is 1. The molecule has 3 rings (SSSR count). The highest BCUT2D eigenvalue weighted by molar-refractivity contribution is 9.10. The molecule has 0 heterocycles. The average Bonchev–Trinajstić information content (AvgIpc) is 2.92. The van der Waals surface area contributed by atoms with Crippen LogP contribution >= 0.6 is 15.9 Å². The summed E-state index contributed by atoms with van der Waals surface area (Å²) in [5.74, 6) is 1.53. The second-order valence-electron chi connectivity index (χ2n) is 4.94. The first-order valence-corrected chi connectivity index (χ1v) is 6.57. The first kappa shape index (κ1) is 9.71. The number of fused-ring (bicyclic) bond motifs is 1. The molecule has 0 saturated heterocycles. The van der Waals surface area contributed by atoms with Gasteiger partial charge in [-0.3, -0.25) is 0 Å². The molecule has 1 fully saturated rings. The average molecular weight is 266 g/mol. The molecule has 0 bridgehead atoms. The summed E-state index contributed by atoms with van der Waals surface area (Å²) in [6, 6.07) is 2.26. The standard InChI is InChI=1S/C13H16BrN/c1-7(8-2-3-8)11-6-12(14)9-4-5-10(9)13(11)15/h6-8H,2-5,15H2,1H3/t7-/m1/s1. The Labute approximate surface area is 99.2 Å². The van der Waals surface area contributed by atoms with E-state index < -0.39 is 0 Å². The zero-order valence-electron chi connectivity index (χ0n) is 9.02. The highest BCUT2D eigenvalue weighted by Gasteiger charge is 2.32. The number of nitrogen functional groups attached to an aromatic ring is 1. The van der Waals surface area contributed by atoms with E-state index in [1.54, 1.807) is 0 Å². The van der Waals surface area contributed by atoms with Gasteiger partial charge in [-0.2, -0.15) is 0 Å². The Morgan fingerprint density at radius 1 is 1.33 bits per heavy atom. The number of benzene rings is 1. The molecule has 15 heavy (non-hydrogen) atoms. The van der Waals surface area contributed by atoms with E-state index in [-0.39, 0.29) is 0 Å². The van der Waals surface area contributed by atoms with Crippen molar-refractivity contribution in [2.24, 2.45) is 5.92 Å². The summed E-state index contributed by atoms with van der Waals surface area (Å²) in [5, 5.41) is 0. The third kappa shape index (κ3) is 1.42. The first-order valence-electron chi connectivity index (χ1n) is 5.78. The van der Waals surface area contributed by atoms with Crippen molar-refractivity contribution >= 4 is 21.6 Å². The van der Waals surface area contributed by atoms with E-state index in [9.17, 15) is 0 Å². The molecule has 1 atom stereocenters. The Hall–Kier alpha value is -0.500. The molecule has 0 amide bonds. The van der Waals surface area contributed by atoms with Crippen LogP contribution in [-0.4, -0.2) is 0 Å². The van der Waals surface area contributed by atoms with Crippen molar-refractivity contribution in [2.45, 2.75) is 38.5 Å². The third-order valence-corrected chi connectivity index (χ3v) is 4.72. The van der Waals surface area contributed by atoms with E-state index in [0.717, 1.165) is 11.6 Å². The van der Waals surface area contributed by atoms with Gasteiger partial charge in [-0.15, -0.1) is 0 Å². The lowest BCUT2D eigenvalue weighted by molar-refractivity contribution is 0.661. The summed E-state index contributed by atoms with van der Waals surface area (Å²) in [6.07, 6.45) is 5.13. The molecule has 80 valence electrons. The number of halogens is 1. The van der Waals surface area contributed by atoms with Crippen molar-refractivity contribution in [3.8, 4) is 0 Å².